The summed E-state index contributed by atoms with van der Waals surface area (Å²) in [6.45, 7) is 2.17. The van der Waals surface area contributed by atoms with Gasteiger partial charge in [0.25, 0.3) is 5.56 Å². The third kappa shape index (κ3) is 3.20. The minimum absolute atomic E-state index is 0.346. The molecule has 9 heteroatoms. The van der Waals surface area contributed by atoms with Crippen LogP contribution >= 0.6 is 0 Å². The van der Waals surface area contributed by atoms with Crippen molar-refractivity contribution >= 4 is 17.1 Å². The maximum atomic E-state index is 12.1. The van der Waals surface area contributed by atoms with Crippen molar-refractivity contribution in [2.75, 3.05) is 39.3 Å². The number of imidazole rings is 1. The molecule has 0 atom stereocenters. The van der Waals surface area contributed by atoms with Gasteiger partial charge >= 0.3 is 5.69 Å². The summed E-state index contributed by atoms with van der Waals surface area (Å²) in [7, 11) is 4.80. The number of ether oxygens (including phenoxy) is 2. The van der Waals surface area contributed by atoms with Crippen LogP contribution in [0.4, 0.5) is 5.95 Å². The Bertz CT molecular complexity index is 745. The van der Waals surface area contributed by atoms with Crippen LogP contribution < -0.4 is 16.6 Å². The molecular formula is C13H21N5O4. The molecule has 0 bridgehead atoms. The number of anilines is 1. The van der Waals surface area contributed by atoms with Crippen LogP contribution in [-0.2, 0) is 23.1 Å². The van der Waals surface area contributed by atoms with E-state index in [-0.39, 0.29) is 0 Å². The number of nitrogens with one attached hydrogen (secondary N) is 2. The van der Waals surface area contributed by atoms with Crippen molar-refractivity contribution < 1.29 is 9.47 Å². The molecule has 0 aromatic carbocycles. The van der Waals surface area contributed by atoms with Crippen LogP contribution in [-0.4, -0.2) is 53.1 Å². The van der Waals surface area contributed by atoms with Crippen molar-refractivity contribution in [1.29, 1.82) is 0 Å². The predicted molar refractivity (Wildman–Crippen MR) is 82.5 cm³/mol. The molecule has 0 saturated carbocycles. The largest absolute Gasteiger partial charge is 0.385 e. The van der Waals surface area contributed by atoms with Crippen molar-refractivity contribution in [3.05, 3.63) is 20.8 Å². The fourth-order valence-corrected chi connectivity index (χ4v) is 2.19. The van der Waals surface area contributed by atoms with Crippen LogP contribution in [0.3, 0.4) is 0 Å². The van der Waals surface area contributed by atoms with Crippen molar-refractivity contribution in [1.82, 2.24) is 19.1 Å². The van der Waals surface area contributed by atoms with E-state index >= 15 is 0 Å². The molecule has 0 saturated heterocycles. The van der Waals surface area contributed by atoms with Gasteiger partial charge in [0, 0.05) is 41.0 Å². The first-order valence-corrected chi connectivity index (χ1v) is 7.01. The summed E-state index contributed by atoms with van der Waals surface area (Å²) in [6.07, 6.45) is 0.805. The number of fused-ring (bicyclic) bond motifs is 1. The Morgan fingerprint density at radius 3 is 2.64 bits per heavy atom. The summed E-state index contributed by atoms with van der Waals surface area (Å²) < 4.78 is 13.1. The van der Waals surface area contributed by atoms with Gasteiger partial charge in [0.2, 0.25) is 5.95 Å². The van der Waals surface area contributed by atoms with Crippen LogP contribution in [0, 0.1) is 0 Å². The van der Waals surface area contributed by atoms with Gasteiger partial charge in [0.05, 0.1) is 6.61 Å². The predicted octanol–water partition coefficient (Wildman–Crippen LogP) is -0.482. The van der Waals surface area contributed by atoms with Crippen LogP contribution in [0.15, 0.2) is 9.59 Å². The smallest absolute Gasteiger partial charge is 0.329 e. The molecule has 0 fully saturated rings. The third-order valence-electron chi connectivity index (χ3n) is 3.33. The molecule has 122 valence electrons. The fourth-order valence-electron chi connectivity index (χ4n) is 2.19. The Kier molecular flexibility index (Phi) is 5.34. The Hall–Kier alpha value is -2.13. The summed E-state index contributed by atoms with van der Waals surface area (Å²) >= 11 is 0. The van der Waals surface area contributed by atoms with Gasteiger partial charge in [-0.1, -0.05) is 0 Å². The number of aromatic nitrogens is 4. The van der Waals surface area contributed by atoms with E-state index < -0.39 is 11.2 Å². The number of H-pyrrole nitrogens is 1. The van der Waals surface area contributed by atoms with E-state index in [9.17, 15) is 9.59 Å². The van der Waals surface area contributed by atoms with Gasteiger partial charge in [-0.3, -0.25) is 14.3 Å². The Balaban J connectivity index is 2.45. The van der Waals surface area contributed by atoms with E-state index in [1.54, 1.807) is 25.8 Å². The standard InChI is InChI=1S/C13H21N5O4/c1-17-10-9(11(19)16-13(17)20)18(6-8-22-3)12(15-10)14-5-4-7-21-2/h4-8H2,1-3H3,(H,14,15)(H,16,19,20). The molecule has 22 heavy (non-hydrogen) atoms. The number of methoxy groups -OCH3 is 2. The zero-order chi connectivity index (χ0) is 16.1. The summed E-state index contributed by atoms with van der Waals surface area (Å²) in [5.41, 5.74) is -0.237. The molecule has 0 spiro atoms. The topological polar surface area (TPSA) is 103 Å². The SMILES string of the molecule is COCCCNc1nc2c(c(=O)[nH]c(=O)n2C)n1CCOC. The van der Waals surface area contributed by atoms with Gasteiger partial charge in [0.1, 0.15) is 0 Å². The number of hydrogen-bond donors (Lipinski definition) is 2. The van der Waals surface area contributed by atoms with E-state index in [4.69, 9.17) is 9.47 Å². The monoisotopic (exact) mass is 311 g/mol. The molecule has 0 radical (unpaired) electrons. The minimum Gasteiger partial charge on any atom is -0.385 e. The fraction of sp³-hybridized carbons (Fsp3) is 0.615. The number of rotatable bonds is 8. The van der Waals surface area contributed by atoms with E-state index in [0.29, 0.717) is 43.4 Å². The van der Waals surface area contributed by atoms with Gasteiger partial charge < -0.3 is 19.4 Å². The van der Waals surface area contributed by atoms with Crippen molar-refractivity contribution in [2.45, 2.75) is 13.0 Å². The van der Waals surface area contributed by atoms with Crippen LogP contribution in [0.2, 0.25) is 0 Å². The average molecular weight is 311 g/mol. The number of aromatic amines is 1. The minimum atomic E-state index is -0.486. The normalized spacial score (nSPS) is 11.2. The van der Waals surface area contributed by atoms with E-state index in [0.717, 1.165) is 6.42 Å². The summed E-state index contributed by atoms with van der Waals surface area (Å²) in [4.78, 5) is 30.5. The number of aryl methyl sites for hydroxylation is 1. The van der Waals surface area contributed by atoms with Gasteiger partial charge in [-0.05, 0) is 6.42 Å². The first kappa shape index (κ1) is 16.2. The highest BCUT2D eigenvalue weighted by molar-refractivity contribution is 5.74. The average Bonchev–Trinajstić information content (AvgIpc) is 2.86. The lowest BCUT2D eigenvalue weighted by atomic mass is 10.4. The zero-order valence-corrected chi connectivity index (χ0v) is 13.0. The second-order valence-corrected chi connectivity index (χ2v) is 4.84. The maximum Gasteiger partial charge on any atom is 0.329 e. The second kappa shape index (κ2) is 7.23. The molecule has 2 aromatic heterocycles. The number of nitrogens with zero attached hydrogens (tertiary/aromatic N) is 3. The molecule has 0 aliphatic rings. The maximum absolute atomic E-state index is 12.1. The van der Waals surface area contributed by atoms with E-state index in [1.807, 2.05) is 0 Å². The summed E-state index contributed by atoms with van der Waals surface area (Å²) in [6, 6.07) is 0. The van der Waals surface area contributed by atoms with Crippen LogP contribution in [0.1, 0.15) is 6.42 Å². The van der Waals surface area contributed by atoms with Gasteiger partial charge in [-0.15, -0.1) is 0 Å². The van der Waals surface area contributed by atoms with Gasteiger partial charge in [0.15, 0.2) is 11.2 Å². The zero-order valence-electron chi connectivity index (χ0n) is 13.0. The van der Waals surface area contributed by atoms with Gasteiger partial charge in [-0.2, -0.15) is 4.98 Å². The molecule has 0 unspecified atom stereocenters. The molecule has 2 heterocycles. The van der Waals surface area contributed by atoms with Crippen molar-refractivity contribution in [2.24, 2.45) is 7.05 Å². The highest BCUT2D eigenvalue weighted by Gasteiger charge is 2.16. The molecule has 0 aliphatic carbocycles. The van der Waals surface area contributed by atoms with Crippen LogP contribution in [0.5, 0.6) is 0 Å². The lowest BCUT2D eigenvalue weighted by Crippen LogP contribution is -2.29. The molecule has 0 amide bonds. The highest BCUT2D eigenvalue weighted by atomic mass is 16.5. The van der Waals surface area contributed by atoms with Gasteiger partial charge in [-0.25, -0.2) is 4.79 Å². The molecule has 2 rings (SSSR count). The Labute approximate surface area is 126 Å². The molecule has 9 nitrogen and oxygen atoms in total. The third-order valence-corrected chi connectivity index (χ3v) is 3.33. The summed E-state index contributed by atoms with van der Waals surface area (Å²) in [5, 5.41) is 3.17. The lowest BCUT2D eigenvalue weighted by Gasteiger charge is -2.09. The Morgan fingerprint density at radius 2 is 1.95 bits per heavy atom. The van der Waals surface area contributed by atoms with E-state index in [1.165, 1.54) is 4.57 Å². The van der Waals surface area contributed by atoms with Crippen molar-refractivity contribution in [3.8, 4) is 0 Å². The molecule has 2 N–H and O–H groups in total. The Morgan fingerprint density at radius 1 is 1.23 bits per heavy atom. The molecule has 2 aromatic rings. The first-order chi connectivity index (χ1) is 10.6. The van der Waals surface area contributed by atoms with Crippen LogP contribution in [0.25, 0.3) is 11.2 Å². The van der Waals surface area contributed by atoms with E-state index in [2.05, 4.69) is 15.3 Å². The second-order valence-electron chi connectivity index (χ2n) is 4.84. The van der Waals surface area contributed by atoms with Crippen molar-refractivity contribution in [3.63, 3.8) is 0 Å². The molecule has 0 aliphatic heterocycles. The highest BCUT2D eigenvalue weighted by Crippen LogP contribution is 2.15. The number of hydrogen-bond acceptors (Lipinski definition) is 6. The quantitative estimate of drug-likeness (QED) is 0.638. The summed E-state index contributed by atoms with van der Waals surface area (Å²) in [5.74, 6) is 0.537. The lowest BCUT2D eigenvalue weighted by molar-refractivity contribution is 0.188. The first-order valence-electron chi connectivity index (χ1n) is 7.01. The molecular weight excluding hydrogens is 290 g/mol.